The predicted molar refractivity (Wildman–Crippen MR) is 57.1 cm³/mol. The number of aromatic nitrogens is 1. The fraction of sp³-hybridized carbons (Fsp3) is 0.636. The van der Waals surface area contributed by atoms with Gasteiger partial charge >= 0.3 is 0 Å². The molecule has 0 unspecified atom stereocenters. The Morgan fingerprint density at radius 1 is 1.62 bits per heavy atom. The lowest BCUT2D eigenvalue weighted by Gasteiger charge is -2.31. The molecule has 88 valence electrons. The smallest absolute Gasteiger partial charge is 0.275 e. The first-order chi connectivity index (χ1) is 7.81. The second kappa shape index (κ2) is 5.12. The number of carbonyl (C=O) groups excluding carboxylic acids is 1. The van der Waals surface area contributed by atoms with Crippen LogP contribution in [0.2, 0.25) is 0 Å². The van der Waals surface area contributed by atoms with Crippen molar-refractivity contribution in [2.45, 2.75) is 25.9 Å². The molecule has 0 N–H and O–H groups in total. The molecule has 1 aliphatic heterocycles. The van der Waals surface area contributed by atoms with Gasteiger partial charge in [-0.15, -0.1) is 0 Å². The van der Waals surface area contributed by atoms with E-state index in [0.717, 1.165) is 32.5 Å². The molecule has 1 fully saturated rings. The van der Waals surface area contributed by atoms with Crippen LogP contribution in [0.4, 0.5) is 0 Å². The summed E-state index contributed by atoms with van der Waals surface area (Å²) in [4.78, 5) is 17.5. The summed E-state index contributed by atoms with van der Waals surface area (Å²) in [7, 11) is 0. The van der Waals surface area contributed by atoms with Gasteiger partial charge in [-0.05, 0) is 19.8 Å². The number of piperidine rings is 1. The number of carbonyl (C=O) groups is 1. The van der Waals surface area contributed by atoms with Crippen LogP contribution in [0.5, 0.6) is 0 Å². The van der Waals surface area contributed by atoms with Crippen LogP contribution in [0.3, 0.4) is 0 Å². The quantitative estimate of drug-likeness (QED) is 0.777. The van der Waals surface area contributed by atoms with E-state index in [1.54, 1.807) is 4.90 Å². The zero-order valence-corrected chi connectivity index (χ0v) is 9.39. The molecule has 5 heteroatoms. The number of oxazole rings is 1. The summed E-state index contributed by atoms with van der Waals surface area (Å²) in [5, 5.41) is 0. The first-order valence-electron chi connectivity index (χ1n) is 5.60. The maximum Gasteiger partial charge on any atom is 0.275 e. The predicted octanol–water partition coefficient (Wildman–Crippen LogP) is 1.32. The Hall–Kier alpha value is -1.36. The zero-order chi connectivity index (χ0) is 11.4. The van der Waals surface area contributed by atoms with Crippen molar-refractivity contribution in [3.63, 3.8) is 0 Å². The summed E-state index contributed by atoms with van der Waals surface area (Å²) < 4.78 is 10.3. The molecular formula is C11H16N2O3. The van der Waals surface area contributed by atoms with Gasteiger partial charge in [-0.25, -0.2) is 4.98 Å². The molecule has 16 heavy (non-hydrogen) atoms. The van der Waals surface area contributed by atoms with E-state index in [-0.39, 0.29) is 5.91 Å². The lowest BCUT2D eigenvalue weighted by atomic mass is 10.1. The van der Waals surface area contributed by atoms with E-state index >= 15 is 0 Å². The highest BCUT2D eigenvalue weighted by molar-refractivity contribution is 5.91. The van der Waals surface area contributed by atoms with Crippen molar-refractivity contribution in [2.75, 3.05) is 19.7 Å². The van der Waals surface area contributed by atoms with Gasteiger partial charge in [0.2, 0.25) is 0 Å². The highest BCUT2D eigenvalue weighted by Crippen LogP contribution is 2.15. The molecule has 0 aliphatic carbocycles. The average Bonchev–Trinajstić information content (AvgIpc) is 2.83. The third-order valence-electron chi connectivity index (χ3n) is 2.78. The van der Waals surface area contributed by atoms with Crippen molar-refractivity contribution >= 4 is 5.91 Å². The molecule has 2 rings (SSSR count). The van der Waals surface area contributed by atoms with Gasteiger partial charge in [0.1, 0.15) is 6.26 Å². The zero-order valence-electron chi connectivity index (χ0n) is 9.39. The molecule has 1 aromatic heterocycles. The number of ether oxygens (including phenoxy) is 1. The molecule has 5 nitrogen and oxygen atoms in total. The van der Waals surface area contributed by atoms with Gasteiger partial charge in [-0.3, -0.25) is 4.79 Å². The van der Waals surface area contributed by atoms with Crippen LogP contribution < -0.4 is 0 Å². The molecule has 0 aromatic carbocycles. The van der Waals surface area contributed by atoms with Crippen molar-refractivity contribution in [1.82, 2.24) is 9.88 Å². The van der Waals surface area contributed by atoms with E-state index in [1.807, 2.05) is 6.92 Å². The second-order valence-corrected chi connectivity index (χ2v) is 3.82. The van der Waals surface area contributed by atoms with Crippen molar-refractivity contribution < 1.29 is 13.9 Å². The van der Waals surface area contributed by atoms with E-state index in [9.17, 15) is 4.79 Å². The van der Waals surface area contributed by atoms with E-state index in [0.29, 0.717) is 11.8 Å². The highest BCUT2D eigenvalue weighted by Gasteiger charge is 2.24. The van der Waals surface area contributed by atoms with E-state index < -0.39 is 0 Å². The Kier molecular flexibility index (Phi) is 3.56. The number of hydrogen-bond donors (Lipinski definition) is 0. The topological polar surface area (TPSA) is 55.6 Å². The van der Waals surface area contributed by atoms with Gasteiger partial charge in [-0.2, -0.15) is 0 Å². The Balaban J connectivity index is 1.87. The largest absolute Gasteiger partial charge is 0.451 e. The Morgan fingerprint density at radius 2 is 2.38 bits per heavy atom. The third kappa shape index (κ3) is 2.41. The lowest BCUT2D eigenvalue weighted by Crippen LogP contribution is -2.41. The highest BCUT2D eigenvalue weighted by atomic mass is 16.5. The normalized spacial score (nSPS) is 17.7. The SMILES string of the molecule is CCOC1CCN(C(=O)c2cocn2)CC1. The van der Waals surface area contributed by atoms with Crippen molar-refractivity contribution in [3.05, 3.63) is 18.4 Å². The number of hydrogen-bond acceptors (Lipinski definition) is 4. The molecule has 0 radical (unpaired) electrons. The molecule has 1 aliphatic rings. The van der Waals surface area contributed by atoms with Crippen LogP contribution in [0, 0.1) is 0 Å². The molecule has 1 aromatic rings. The van der Waals surface area contributed by atoms with Crippen LogP contribution in [-0.4, -0.2) is 41.6 Å². The Labute approximate surface area is 94.4 Å². The first-order valence-corrected chi connectivity index (χ1v) is 5.60. The van der Waals surface area contributed by atoms with Gasteiger partial charge in [0.15, 0.2) is 12.1 Å². The second-order valence-electron chi connectivity index (χ2n) is 3.82. The van der Waals surface area contributed by atoms with Crippen molar-refractivity contribution in [2.24, 2.45) is 0 Å². The molecule has 1 amide bonds. The van der Waals surface area contributed by atoms with Crippen molar-refractivity contribution in [3.8, 4) is 0 Å². The van der Waals surface area contributed by atoms with Gasteiger partial charge in [0.25, 0.3) is 5.91 Å². The molecule has 0 spiro atoms. The van der Waals surface area contributed by atoms with Gasteiger partial charge < -0.3 is 14.1 Å². The van der Waals surface area contributed by atoms with Gasteiger partial charge in [0.05, 0.1) is 6.10 Å². The molecule has 0 bridgehead atoms. The summed E-state index contributed by atoms with van der Waals surface area (Å²) in [5.74, 6) is -0.0521. The van der Waals surface area contributed by atoms with Gasteiger partial charge in [-0.1, -0.05) is 0 Å². The maximum absolute atomic E-state index is 11.9. The van der Waals surface area contributed by atoms with Crippen LogP contribution in [0.1, 0.15) is 30.3 Å². The fourth-order valence-electron chi connectivity index (χ4n) is 1.94. The minimum absolute atomic E-state index is 0.0521. The minimum Gasteiger partial charge on any atom is -0.451 e. The maximum atomic E-state index is 11.9. The minimum atomic E-state index is -0.0521. The molecule has 0 saturated carbocycles. The van der Waals surface area contributed by atoms with Crippen LogP contribution in [0.25, 0.3) is 0 Å². The van der Waals surface area contributed by atoms with E-state index in [1.165, 1.54) is 12.7 Å². The molecule has 2 heterocycles. The summed E-state index contributed by atoms with van der Waals surface area (Å²) in [6, 6.07) is 0. The molecular weight excluding hydrogens is 208 g/mol. The monoisotopic (exact) mass is 224 g/mol. The first kappa shape index (κ1) is 11.1. The van der Waals surface area contributed by atoms with E-state index in [2.05, 4.69) is 4.98 Å². The third-order valence-corrected chi connectivity index (χ3v) is 2.78. The summed E-state index contributed by atoms with van der Waals surface area (Å²) in [5.41, 5.74) is 0.384. The van der Waals surface area contributed by atoms with Crippen LogP contribution in [0.15, 0.2) is 17.1 Å². The number of nitrogens with zero attached hydrogens (tertiary/aromatic N) is 2. The van der Waals surface area contributed by atoms with Crippen molar-refractivity contribution in [1.29, 1.82) is 0 Å². The Bertz CT molecular complexity index is 329. The van der Waals surface area contributed by atoms with Gasteiger partial charge in [0, 0.05) is 19.7 Å². The molecule has 0 atom stereocenters. The number of likely N-dealkylation sites (tertiary alicyclic amines) is 1. The summed E-state index contributed by atoms with van der Waals surface area (Å²) in [6.07, 6.45) is 4.76. The number of rotatable bonds is 3. The van der Waals surface area contributed by atoms with Crippen LogP contribution >= 0.6 is 0 Å². The van der Waals surface area contributed by atoms with E-state index in [4.69, 9.17) is 9.15 Å². The lowest BCUT2D eigenvalue weighted by molar-refractivity contribution is 0.0144. The fourth-order valence-corrected chi connectivity index (χ4v) is 1.94. The Morgan fingerprint density at radius 3 is 2.94 bits per heavy atom. The van der Waals surface area contributed by atoms with Crippen LogP contribution in [-0.2, 0) is 4.74 Å². The molecule has 1 saturated heterocycles. The summed E-state index contributed by atoms with van der Waals surface area (Å²) in [6.45, 7) is 4.20. The average molecular weight is 224 g/mol. The number of amides is 1. The summed E-state index contributed by atoms with van der Waals surface area (Å²) >= 11 is 0. The standard InChI is InChI=1S/C11H16N2O3/c1-2-16-9-3-5-13(6-4-9)11(14)10-7-15-8-12-10/h7-9H,2-6H2,1H3.